The van der Waals surface area contributed by atoms with Crippen LogP contribution >= 0.6 is 0 Å². The van der Waals surface area contributed by atoms with Gasteiger partial charge in [0, 0.05) is 20.2 Å². The van der Waals surface area contributed by atoms with Crippen LogP contribution < -0.4 is 0 Å². The first-order valence-corrected chi connectivity index (χ1v) is 7.60. The Morgan fingerprint density at radius 3 is 3.00 bits per heavy atom. The number of ether oxygens (including phenoxy) is 1. The lowest BCUT2D eigenvalue weighted by Crippen LogP contribution is -2.36. The number of nitrogens with one attached hydrogen (secondary N) is 1. The van der Waals surface area contributed by atoms with Crippen molar-refractivity contribution in [3.63, 3.8) is 0 Å². The topological polar surface area (TPSA) is 96.9 Å². The molecular formula is C15H20N6O2. The van der Waals surface area contributed by atoms with E-state index in [0.29, 0.717) is 24.4 Å². The molecule has 1 N–H and O–H groups in total. The van der Waals surface area contributed by atoms with Crippen LogP contribution in [0.5, 0.6) is 0 Å². The minimum absolute atomic E-state index is 0.0854. The summed E-state index contributed by atoms with van der Waals surface area (Å²) in [4.78, 5) is 18.6. The van der Waals surface area contributed by atoms with Gasteiger partial charge in [-0.05, 0) is 26.3 Å². The molecule has 0 aliphatic carbocycles. The molecule has 1 saturated heterocycles. The number of H-pyrrole nitrogens is 1. The zero-order valence-electron chi connectivity index (χ0n) is 13.5. The van der Waals surface area contributed by atoms with Crippen molar-refractivity contribution in [3.8, 4) is 0 Å². The van der Waals surface area contributed by atoms with Gasteiger partial charge in [-0.15, -0.1) is 0 Å². The summed E-state index contributed by atoms with van der Waals surface area (Å²) in [6.07, 6.45) is 2.29. The fourth-order valence-corrected chi connectivity index (χ4v) is 2.84. The number of nitrogens with zero attached hydrogens (tertiary/aromatic N) is 5. The van der Waals surface area contributed by atoms with Gasteiger partial charge in [0.2, 0.25) is 0 Å². The molecule has 1 aliphatic heterocycles. The number of carbonyl (C=O) groups is 1. The second-order valence-electron chi connectivity index (χ2n) is 5.80. The molecule has 3 heterocycles. The molecule has 2 atom stereocenters. The number of aryl methyl sites for hydroxylation is 2. The minimum atomic E-state index is -0.103. The molecule has 0 spiro atoms. The van der Waals surface area contributed by atoms with E-state index < -0.39 is 0 Å². The molecule has 1 aliphatic rings. The van der Waals surface area contributed by atoms with Crippen molar-refractivity contribution in [2.45, 2.75) is 32.3 Å². The van der Waals surface area contributed by atoms with E-state index in [1.165, 1.54) is 6.20 Å². The lowest BCUT2D eigenvalue weighted by molar-refractivity contribution is 0.0549. The highest BCUT2D eigenvalue weighted by atomic mass is 16.5. The maximum absolute atomic E-state index is 12.6. The lowest BCUT2D eigenvalue weighted by atomic mass is 10.00. The molecule has 1 fully saturated rings. The van der Waals surface area contributed by atoms with Crippen LogP contribution in [0.15, 0.2) is 12.3 Å². The van der Waals surface area contributed by atoms with Crippen LogP contribution in [0.1, 0.15) is 40.0 Å². The molecule has 0 bridgehead atoms. The third-order valence-electron chi connectivity index (χ3n) is 4.09. The van der Waals surface area contributed by atoms with Crippen molar-refractivity contribution >= 4 is 5.91 Å². The molecule has 8 nitrogen and oxygen atoms in total. The maximum Gasteiger partial charge on any atom is 0.255 e. The largest absolute Gasteiger partial charge is 0.376 e. The molecule has 2 aromatic rings. The Balaban J connectivity index is 1.70. The second-order valence-corrected chi connectivity index (χ2v) is 5.80. The average Bonchev–Trinajstić information content (AvgIpc) is 3.15. The smallest absolute Gasteiger partial charge is 0.255 e. The van der Waals surface area contributed by atoms with Crippen LogP contribution in [0, 0.1) is 13.8 Å². The monoisotopic (exact) mass is 316 g/mol. The SMILES string of the molecule is Cc1nc([C@@H]2CCO[C@@H]2CN(C)C(=O)c2ccnnc2C)n[nH]1. The zero-order valence-corrected chi connectivity index (χ0v) is 13.5. The molecule has 1 amide bonds. The molecule has 122 valence electrons. The van der Waals surface area contributed by atoms with Crippen LogP contribution in [-0.4, -0.2) is 62.5 Å². The predicted molar refractivity (Wildman–Crippen MR) is 81.9 cm³/mol. The van der Waals surface area contributed by atoms with E-state index >= 15 is 0 Å². The van der Waals surface area contributed by atoms with Gasteiger partial charge in [0.05, 0.1) is 29.5 Å². The number of hydrogen-bond donors (Lipinski definition) is 1. The number of rotatable bonds is 4. The van der Waals surface area contributed by atoms with E-state index in [2.05, 4.69) is 25.4 Å². The van der Waals surface area contributed by atoms with E-state index in [0.717, 1.165) is 18.1 Å². The highest BCUT2D eigenvalue weighted by Crippen LogP contribution is 2.29. The molecule has 3 rings (SSSR count). The van der Waals surface area contributed by atoms with Crippen LogP contribution in [0.4, 0.5) is 0 Å². The fourth-order valence-electron chi connectivity index (χ4n) is 2.84. The third-order valence-corrected chi connectivity index (χ3v) is 4.09. The number of aromatic nitrogens is 5. The Bertz CT molecular complexity index is 701. The first kappa shape index (κ1) is 15.5. The van der Waals surface area contributed by atoms with Crippen LogP contribution in [0.25, 0.3) is 0 Å². The van der Waals surface area contributed by atoms with E-state index in [-0.39, 0.29) is 17.9 Å². The summed E-state index contributed by atoms with van der Waals surface area (Å²) in [6, 6.07) is 1.69. The number of likely N-dealkylation sites (N-methyl/N-ethyl adjacent to an activating group) is 1. The second kappa shape index (κ2) is 6.41. The van der Waals surface area contributed by atoms with Crippen molar-refractivity contribution < 1.29 is 9.53 Å². The Morgan fingerprint density at radius 2 is 2.30 bits per heavy atom. The van der Waals surface area contributed by atoms with Gasteiger partial charge in [-0.1, -0.05) is 0 Å². The van der Waals surface area contributed by atoms with Gasteiger partial charge >= 0.3 is 0 Å². The number of aromatic amines is 1. The zero-order chi connectivity index (χ0) is 16.4. The summed E-state index contributed by atoms with van der Waals surface area (Å²) in [5, 5.41) is 14.8. The van der Waals surface area contributed by atoms with Crippen molar-refractivity contribution in [1.82, 2.24) is 30.3 Å². The van der Waals surface area contributed by atoms with E-state index in [1.807, 2.05) is 6.92 Å². The molecule has 8 heteroatoms. The quantitative estimate of drug-likeness (QED) is 0.898. The van der Waals surface area contributed by atoms with Gasteiger partial charge in [-0.2, -0.15) is 15.3 Å². The van der Waals surface area contributed by atoms with Crippen LogP contribution in [-0.2, 0) is 4.74 Å². The summed E-state index contributed by atoms with van der Waals surface area (Å²) >= 11 is 0. The standard InChI is InChI=1S/C15H20N6O2/c1-9-11(4-6-16-18-9)15(22)21(3)8-13-12(5-7-23-13)14-17-10(2)19-20-14/h4,6,12-13H,5,7-8H2,1-3H3,(H,17,19,20)/t12-,13-/m1/s1. The Morgan fingerprint density at radius 1 is 1.48 bits per heavy atom. The minimum Gasteiger partial charge on any atom is -0.376 e. The molecule has 0 aromatic carbocycles. The molecule has 0 unspecified atom stereocenters. The summed E-state index contributed by atoms with van der Waals surface area (Å²) < 4.78 is 5.80. The van der Waals surface area contributed by atoms with Crippen molar-refractivity contribution in [2.75, 3.05) is 20.2 Å². The van der Waals surface area contributed by atoms with Crippen molar-refractivity contribution in [3.05, 3.63) is 35.2 Å². The van der Waals surface area contributed by atoms with Crippen molar-refractivity contribution in [2.24, 2.45) is 0 Å². The predicted octanol–water partition coefficient (Wildman–Crippen LogP) is 0.856. The van der Waals surface area contributed by atoms with Gasteiger partial charge in [0.25, 0.3) is 5.91 Å². The number of hydrogen-bond acceptors (Lipinski definition) is 6. The summed E-state index contributed by atoms with van der Waals surface area (Å²) in [7, 11) is 1.77. The number of amides is 1. The Kier molecular flexibility index (Phi) is 4.33. The Labute approximate surface area is 134 Å². The first-order valence-electron chi connectivity index (χ1n) is 7.60. The molecule has 0 saturated carbocycles. The van der Waals surface area contributed by atoms with Crippen LogP contribution in [0.2, 0.25) is 0 Å². The third kappa shape index (κ3) is 3.21. The van der Waals surface area contributed by atoms with Gasteiger partial charge < -0.3 is 9.64 Å². The molecule has 23 heavy (non-hydrogen) atoms. The highest BCUT2D eigenvalue weighted by molar-refractivity contribution is 5.94. The van der Waals surface area contributed by atoms with E-state index in [4.69, 9.17) is 4.74 Å². The molecule has 0 radical (unpaired) electrons. The van der Waals surface area contributed by atoms with Gasteiger partial charge in [-0.3, -0.25) is 9.89 Å². The average molecular weight is 316 g/mol. The maximum atomic E-state index is 12.6. The Hall–Kier alpha value is -2.35. The fraction of sp³-hybridized carbons (Fsp3) is 0.533. The molecule has 2 aromatic heterocycles. The number of carbonyl (C=O) groups excluding carboxylic acids is 1. The summed E-state index contributed by atoms with van der Waals surface area (Å²) in [5.41, 5.74) is 1.18. The van der Waals surface area contributed by atoms with Crippen LogP contribution in [0.3, 0.4) is 0 Å². The highest BCUT2D eigenvalue weighted by Gasteiger charge is 2.34. The normalized spacial score (nSPS) is 20.7. The van der Waals surface area contributed by atoms with E-state index in [1.54, 1.807) is 24.9 Å². The molecular weight excluding hydrogens is 296 g/mol. The summed E-state index contributed by atoms with van der Waals surface area (Å²) in [5.74, 6) is 1.56. The van der Waals surface area contributed by atoms with Crippen molar-refractivity contribution in [1.29, 1.82) is 0 Å². The van der Waals surface area contributed by atoms with Gasteiger partial charge in [0.15, 0.2) is 5.82 Å². The van der Waals surface area contributed by atoms with Gasteiger partial charge in [0.1, 0.15) is 5.82 Å². The van der Waals surface area contributed by atoms with Gasteiger partial charge in [-0.25, -0.2) is 4.98 Å². The first-order chi connectivity index (χ1) is 11.1. The van der Waals surface area contributed by atoms with E-state index in [9.17, 15) is 4.79 Å². The summed E-state index contributed by atoms with van der Waals surface area (Å²) in [6.45, 7) is 4.79. The lowest BCUT2D eigenvalue weighted by Gasteiger charge is -2.24.